The molecule has 24 heavy (non-hydrogen) atoms. The van der Waals surface area contributed by atoms with Crippen LogP contribution in [0.1, 0.15) is 42.5 Å². The van der Waals surface area contributed by atoms with Crippen molar-refractivity contribution in [2.75, 3.05) is 18.4 Å². The predicted molar refractivity (Wildman–Crippen MR) is 95.2 cm³/mol. The van der Waals surface area contributed by atoms with Gasteiger partial charge in [-0.05, 0) is 66.0 Å². The highest BCUT2D eigenvalue weighted by molar-refractivity contribution is 9.10. The summed E-state index contributed by atoms with van der Waals surface area (Å²) in [4.78, 5) is 13.6. The first-order valence-electron chi connectivity index (χ1n) is 7.98. The Morgan fingerprint density at radius 2 is 2.17 bits per heavy atom. The number of amides is 1. The highest BCUT2D eigenvalue weighted by Gasteiger charge is 2.19. The maximum absolute atomic E-state index is 12.0. The first-order chi connectivity index (χ1) is 11.3. The van der Waals surface area contributed by atoms with Crippen LogP contribution >= 0.6 is 15.9 Å². The van der Waals surface area contributed by atoms with Crippen molar-refractivity contribution < 1.29 is 4.79 Å². The van der Waals surface area contributed by atoms with E-state index in [1.807, 2.05) is 32.9 Å². The van der Waals surface area contributed by atoms with Crippen LogP contribution in [0.25, 0.3) is 0 Å². The van der Waals surface area contributed by atoms with Crippen LogP contribution in [0.2, 0.25) is 0 Å². The molecule has 0 atom stereocenters. The second-order valence-electron chi connectivity index (χ2n) is 6.84. The highest BCUT2D eigenvalue weighted by atomic mass is 79.9. The van der Waals surface area contributed by atoms with Gasteiger partial charge in [-0.3, -0.25) is 4.79 Å². The van der Waals surface area contributed by atoms with Crippen LogP contribution in [0.15, 0.2) is 16.6 Å². The number of hydrogen-bond acceptors (Lipinski definition) is 5. The van der Waals surface area contributed by atoms with Crippen molar-refractivity contribution in [1.29, 1.82) is 0 Å². The molecule has 128 valence electrons. The van der Waals surface area contributed by atoms with Gasteiger partial charge in [0, 0.05) is 35.2 Å². The Bertz CT molecular complexity index is 764. The summed E-state index contributed by atoms with van der Waals surface area (Å²) in [5, 5.41) is 18.8. The van der Waals surface area contributed by atoms with Gasteiger partial charge in [0.15, 0.2) is 5.82 Å². The van der Waals surface area contributed by atoms with E-state index in [1.54, 1.807) is 4.80 Å². The van der Waals surface area contributed by atoms with Gasteiger partial charge in [0.05, 0.1) is 5.54 Å². The third-order valence-electron chi connectivity index (χ3n) is 3.84. The van der Waals surface area contributed by atoms with Gasteiger partial charge in [-0.15, -0.1) is 10.2 Å². The SMILES string of the molecule is CC(C)(C)n1nnc(CCNc2cc3c(cc2Br)CCNC3=O)n1. The minimum atomic E-state index is -0.173. The van der Waals surface area contributed by atoms with Crippen molar-refractivity contribution in [1.82, 2.24) is 25.5 Å². The van der Waals surface area contributed by atoms with Crippen molar-refractivity contribution in [2.24, 2.45) is 0 Å². The molecule has 1 aromatic carbocycles. The molecular formula is C16H21BrN6O. The first-order valence-corrected chi connectivity index (χ1v) is 8.78. The molecular weight excluding hydrogens is 372 g/mol. The molecule has 0 spiro atoms. The molecule has 1 amide bonds. The van der Waals surface area contributed by atoms with Crippen molar-refractivity contribution in [3.63, 3.8) is 0 Å². The number of hydrogen-bond donors (Lipinski definition) is 2. The molecule has 2 N–H and O–H groups in total. The van der Waals surface area contributed by atoms with Gasteiger partial charge in [0.1, 0.15) is 0 Å². The fourth-order valence-corrected chi connectivity index (χ4v) is 3.04. The van der Waals surface area contributed by atoms with Crippen LogP contribution in [0.4, 0.5) is 5.69 Å². The summed E-state index contributed by atoms with van der Waals surface area (Å²) in [7, 11) is 0. The predicted octanol–water partition coefficient (Wildman–Crippen LogP) is 2.13. The van der Waals surface area contributed by atoms with E-state index in [-0.39, 0.29) is 11.4 Å². The van der Waals surface area contributed by atoms with Gasteiger partial charge in [-0.1, -0.05) is 0 Å². The Morgan fingerprint density at radius 1 is 1.38 bits per heavy atom. The number of anilines is 1. The van der Waals surface area contributed by atoms with Gasteiger partial charge in [0.2, 0.25) is 0 Å². The van der Waals surface area contributed by atoms with E-state index in [1.165, 1.54) is 0 Å². The normalized spacial score (nSPS) is 14.2. The Labute approximate surface area is 149 Å². The largest absolute Gasteiger partial charge is 0.384 e. The van der Waals surface area contributed by atoms with Gasteiger partial charge < -0.3 is 10.6 Å². The molecule has 0 bridgehead atoms. The van der Waals surface area contributed by atoms with E-state index in [2.05, 4.69) is 42.0 Å². The van der Waals surface area contributed by atoms with Gasteiger partial charge in [-0.2, -0.15) is 4.80 Å². The average Bonchev–Trinajstić information content (AvgIpc) is 2.97. The number of nitrogens with one attached hydrogen (secondary N) is 2. The van der Waals surface area contributed by atoms with Gasteiger partial charge in [-0.25, -0.2) is 0 Å². The topological polar surface area (TPSA) is 84.7 Å². The minimum Gasteiger partial charge on any atom is -0.384 e. The minimum absolute atomic E-state index is 0.0124. The molecule has 8 heteroatoms. The van der Waals surface area contributed by atoms with Crippen molar-refractivity contribution >= 4 is 27.5 Å². The Morgan fingerprint density at radius 3 is 2.88 bits per heavy atom. The molecule has 0 unspecified atom stereocenters. The summed E-state index contributed by atoms with van der Waals surface area (Å²) in [5.41, 5.74) is 2.54. The third-order valence-corrected chi connectivity index (χ3v) is 4.49. The number of carbonyl (C=O) groups is 1. The highest BCUT2D eigenvalue weighted by Crippen LogP contribution is 2.28. The maximum atomic E-state index is 12.0. The van der Waals surface area contributed by atoms with Crippen LogP contribution in [-0.2, 0) is 18.4 Å². The van der Waals surface area contributed by atoms with Crippen molar-refractivity contribution in [2.45, 2.75) is 39.2 Å². The number of fused-ring (bicyclic) bond motifs is 1. The lowest BCUT2D eigenvalue weighted by molar-refractivity contribution is 0.0946. The summed E-state index contributed by atoms with van der Waals surface area (Å²) in [5.74, 6) is 0.686. The molecule has 0 fully saturated rings. The Balaban J connectivity index is 1.66. The summed E-state index contributed by atoms with van der Waals surface area (Å²) in [6.45, 7) is 7.46. The van der Waals surface area contributed by atoms with Crippen LogP contribution in [0, 0.1) is 0 Å². The summed E-state index contributed by atoms with van der Waals surface area (Å²) >= 11 is 3.57. The quantitative estimate of drug-likeness (QED) is 0.832. The Hall–Kier alpha value is -1.96. The molecule has 1 aliphatic rings. The Kier molecular flexibility index (Phi) is 4.58. The molecule has 2 aromatic rings. The average molecular weight is 393 g/mol. The lowest BCUT2D eigenvalue weighted by Crippen LogP contribution is -2.31. The molecule has 7 nitrogen and oxygen atoms in total. The van der Waals surface area contributed by atoms with E-state index < -0.39 is 0 Å². The third kappa shape index (κ3) is 3.58. The summed E-state index contributed by atoms with van der Waals surface area (Å²) in [6.07, 6.45) is 1.52. The number of aromatic nitrogens is 4. The second kappa shape index (κ2) is 6.51. The fourth-order valence-electron chi connectivity index (χ4n) is 2.51. The monoisotopic (exact) mass is 392 g/mol. The number of nitrogens with zero attached hydrogens (tertiary/aromatic N) is 4. The molecule has 1 aromatic heterocycles. The lowest BCUT2D eigenvalue weighted by Gasteiger charge is -2.19. The zero-order valence-electron chi connectivity index (χ0n) is 14.1. The van der Waals surface area contributed by atoms with E-state index in [4.69, 9.17) is 0 Å². The van der Waals surface area contributed by atoms with E-state index in [0.717, 1.165) is 27.7 Å². The van der Waals surface area contributed by atoms with Crippen LogP contribution < -0.4 is 10.6 Å². The van der Waals surface area contributed by atoms with Gasteiger partial charge in [0.25, 0.3) is 5.91 Å². The number of tetrazole rings is 1. The van der Waals surface area contributed by atoms with Crippen molar-refractivity contribution in [3.05, 3.63) is 33.6 Å². The maximum Gasteiger partial charge on any atom is 0.251 e. The zero-order chi connectivity index (χ0) is 17.3. The molecule has 0 aliphatic carbocycles. The van der Waals surface area contributed by atoms with Crippen LogP contribution in [-0.4, -0.2) is 39.2 Å². The molecule has 2 heterocycles. The summed E-state index contributed by atoms with van der Waals surface area (Å²) in [6, 6.07) is 3.91. The fraction of sp³-hybridized carbons (Fsp3) is 0.500. The number of carbonyl (C=O) groups excluding carboxylic acids is 1. The smallest absolute Gasteiger partial charge is 0.251 e. The number of benzene rings is 1. The first kappa shape index (κ1) is 16.9. The van der Waals surface area contributed by atoms with Gasteiger partial charge >= 0.3 is 0 Å². The van der Waals surface area contributed by atoms with Crippen LogP contribution in [0.5, 0.6) is 0 Å². The lowest BCUT2D eigenvalue weighted by atomic mass is 10.00. The number of halogens is 1. The van der Waals surface area contributed by atoms with Crippen molar-refractivity contribution in [3.8, 4) is 0 Å². The molecule has 0 saturated carbocycles. The zero-order valence-corrected chi connectivity index (χ0v) is 15.6. The van der Waals surface area contributed by atoms with E-state index >= 15 is 0 Å². The second-order valence-corrected chi connectivity index (χ2v) is 7.69. The van der Waals surface area contributed by atoms with E-state index in [9.17, 15) is 4.79 Å². The van der Waals surface area contributed by atoms with Crippen LogP contribution in [0.3, 0.4) is 0 Å². The molecule has 3 rings (SSSR count). The standard InChI is InChI=1S/C16H21BrN6O/c1-16(2,3)23-21-14(20-22-23)5-7-18-13-9-11-10(8-12(13)17)4-6-19-15(11)24/h8-9,18H,4-7H2,1-3H3,(H,19,24). The van der Waals surface area contributed by atoms with E-state index in [0.29, 0.717) is 25.3 Å². The number of rotatable bonds is 4. The summed E-state index contributed by atoms with van der Waals surface area (Å²) < 4.78 is 0.960. The molecule has 0 saturated heterocycles. The molecule has 0 radical (unpaired) electrons. The molecule has 1 aliphatic heterocycles.